The van der Waals surface area contributed by atoms with E-state index in [-0.39, 0.29) is 0 Å². The Labute approximate surface area is 186 Å². The lowest BCUT2D eigenvalue weighted by Crippen LogP contribution is -2.28. The van der Waals surface area contributed by atoms with Crippen molar-refractivity contribution in [1.82, 2.24) is 9.29 Å². The second-order valence-electron chi connectivity index (χ2n) is 7.71. The third kappa shape index (κ3) is 4.42. The van der Waals surface area contributed by atoms with Crippen molar-refractivity contribution in [2.24, 2.45) is 0 Å². The van der Waals surface area contributed by atoms with Gasteiger partial charge < -0.3 is 4.42 Å². The van der Waals surface area contributed by atoms with Crippen molar-refractivity contribution in [2.75, 3.05) is 18.8 Å². The lowest BCUT2D eigenvalue weighted by atomic mass is 9.98. The predicted octanol–water partition coefficient (Wildman–Crippen LogP) is 3.97. The van der Waals surface area contributed by atoms with Crippen molar-refractivity contribution in [1.29, 1.82) is 0 Å². The Morgan fingerprint density at radius 1 is 1.03 bits per heavy atom. The highest BCUT2D eigenvalue weighted by Crippen LogP contribution is 2.27. The standard InChI is InChI=1S/C24H23N3O4S/c1-16-21-10-9-18(19-7-5-11-25-15-19)14-23(21)31-24(28)22(16)13-17-6-4-8-20(12-17)26-32(29,30)27(2)3/h4-12,14-15,26H,13H2,1-3H3. The fourth-order valence-electron chi connectivity index (χ4n) is 3.50. The molecule has 0 aliphatic rings. The van der Waals surface area contributed by atoms with Crippen LogP contribution in [0.4, 0.5) is 5.69 Å². The minimum absolute atomic E-state index is 0.325. The van der Waals surface area contributed by atoms with E-state index in [9.17, 15) is 13.2 Å². The summed E-state index contributed by atoms with van der Waals surface area (Å²) in [7, 11) is -0.707. The van der Waals surface area contributed by atoms with Crippen LogP contribution in [0.3, 0.4) is 0 Å². The average molecular weight is 450 g/mol. The van der Waals surface area contributed by atoms with Crippen molar-refractivity contribution in [3.63, 3.8) is 0 Å². The van der Waals surface area contributed by atoms with Gasteiger partial charge in [-0.25, -0.2) is 4.79 Å². The van der Waals surface area contributed by atoms with Crippen molar-refractivity contribution in [3.05, 3.63) is 94.1 Å². The molecule has 0 unspecified atom stereocenters. The van der Waals surface area contributed by atoms with Crippen LogP contribution in [0.25, 0.3) is 22.1 Å². The van der Waals surface area contributed by atoms with Gasteiger partial charge in [-0.15, -0.1) is 0 Å². The quantitative estimate of drug-likeness (QED) is 0.450. The molecule has 4 aromatic rings. The Morgan fingerprint density at radius 2 is 1.84 bits per heavy atom. The third-order valence-electron chi connectivity index (χ3n) is 5.32. The van der Waals surface area contributed by atoms with Gasteiger partial charge in [0, 0.05) is 49.4 Å². The summed E-state index contributed by atoms with van der Waals surface area (Å²) in [6.45, 7) is 1.90. The highest BCUT2D eigenvalue weighted by atomic mass is 32.2. The van der Waals surface area contributed by atoms with E-state index in [0.717, 1.165) is 31.9 Å². The maximum absolute atomic E-state index is 12.8. The zero-order chi connectivity index (χ0) is 22.9. The number of aryl methyl sites for hydroxylation is 1. The van der Waals surface area contributed by atoms with Gasteiger partial charge in [0.05, 0.1) is 5.69 Å². The number of rotatable bonds is 6. The van der Waals surface area contributed by atoms with Crippen molar-refractivity contribution in [2.45, 2.75) is 13.3 Å². The number of hydrogen-bond acceptors (Lipinski definition) is 5. The number of pyridine rings is 1. The van der Waals surface area contributed by atoms with Gasteiger partial charge >= 0.3 is 15.8 Å². The van der Waals surface area contributed by atoms with Gasteiger partial charge in [-0.05, 0) is 47.9 Å². The fourth-order valence-corrected chi connectivity index (χ4v) is 4.11. The monoisotopic (exact) mass is 449 g/mol. The molecular weight excluding hydrogens is 426 g/mol. The van der Waals surface area contributed by atoms with Crippen LogP contribution < -0.4 is 10.3 Å². The Morgan fingerprint density at radius 3 is 2.56 bits per heavy atom. The first-order valence-electron chi connectivity index (χ1n) is 10.0. The normalized spacial score (nSPS) is 11.8. The zero-order valence-electron chi connectivity index (χ0n) is 18.0. The number of benzene rings is 2. The summed E-state index contributed by atoms with van der Waals surface area (Å²) in [5.41, 5.74) is 4.58. The van der Waals surface area contributed by atoms with Crippen LogP contribution in [0.1, 0.15) is 16.7 Å². The summed E-state index contributed by atoms with van der Waals surface area (Å²) in [5, 5.41) is 0.858. The molecule has 0 spiro atoms. The van der Waals surface area contributed by atoms with Crippen LogP contribution in [-0.4, -0.2) is 31.8 Å². The van der Waals surface area contributed by atoms with E-state index in [1.54, 1.807) is 30.6 Å². The zero-order valence-corrected chi connectivity index (χ0v) is 18.8. The molecule has 32 heavy (non-hydrogen) atoms. The Balaban J connectivity index is 1.68. The van der Waals surface area contributed by atoms with E-state index in [1.807, 2.05) is 43.3 Å². The number of hydrogen-bond donors (Lipinski definition) is 1. The van der Waals surface area contributed by atoms with Gasteiger partial charge in [0.15, 0.2) is 0 Å². The lowest BCUT2D eigenvalue weighted by Gasteiger charge is -2.14. The summed E-state index contributed by atoms with van der Waals surface area (Å²) < 4.78 is 33.5. The summed E-state index contributed by atoms with van der Waals surface area (Å²) >= 11 is 0. The Bertz CT molecular complexity index is 1450. The molecule has 0 saturated carbocycles. The molecule has 4 rings (SSSR count). The van der Waals surface area contributed by atoms with Crippen molar-refractivity contribution < 1.29 is 12.8 Å². The number of fused-ring (bicyclic) bond motifs is 1. The molecule has 0 aliphatic carbocycles. The van der Waals surface area contributed by atoms with Gasteiger partial charge in [-0.1, -0.05) is 30.3 Å². The molecule has 7 nitrogen and oxygen atoms in total. The smallest absolute Gasteiger partial charge is 0.340 e. The van der Waals surface area contributed by atoms with Crippen LogP contribution in [0.15, 0.2) is 76.2 Å². The van der Waals surface area contributed by atoms with E-state index in [2.05, 4.69) is 9.71 Å². The molecule has 1 N–H and O–H groups in total. The first-order chi connectivity index (χ1) is 15.2. The summed E-state index contributed by atoms with van der Waals surface area (Å²) in [4.78, 5) is 17.0. The molecule has 8 heteroatoms. The molecule has 2 heterocycles. The first kappa shape index (κ1) is 21.7. The second-order valence-corrected chi connectivity index (χ2v) is 9.60. The molecule has 0 amide bonds. The number of aromatic nitrogens is 1. The minimum atomic E-state index is -3.61. The SMILES string of the molecule is Cc1c(Cc2cccc(NS(=O)(=O)N(C)C)c2)c(=O)oc2cc(-c3cccnc3)ccc12. The molecule has 0 radical (unpaired) electrons. The molecule has 0 aliphatic heterocycles. The minimum Gasteiger partial charge on any atom is -0.422 e. The van der Waals surface area contributed by atoms with E-state index in [4.69, 9.17) is 4.42 Å². The molecular formula is C24H23N3O4S. The summed E-state index contributed by atoms with van der Waals surface area (Å²) in [6, 6.07) is 16.6. The summed E-state index contributed by atoms with van der Waals surface area (Å²) in [5.74, 6) is 0. The Hall–Kier alpha value is -3.49. The van der Waals surface area contributed by atoms with Gasteiger partial charge in [0.1, 0.15) is 5.58 Å². The molecule has 2 aromatic carbocycles. The molecule has 2 aromatic heterocycles. The van der Waals surface area contributed by atoms with Crippen LogP contribution >= 0.6 is 0 Å². The lowest BCUT2D eigenvalue weighted by molar-refractivity contribution is 0.527. The second kappa shape index (κ2) is 8.57. The van der Waals surface area contributed by atoms with Gasteiger partial charge in [0.25, 0.3) is 0 Å². The van der Waals surface area contributed by atoms with E-state index in [1.165, 1.54) is 14.1 Å². The van der Waals surface area contributed by atoms with Crippen LogP contribution in [-0.2, 0) is 16.6 Å². The van der Waals surface area contributed by atoms with Gasteiger partial charge in [-0.3, -0.25) is 9.71 Å². The molecule has 0 atom stereocenters. The average Bonchev–Trinajstić information content (AvgIpc) is 2.77. The topological polar surface area (TPSA) is 92.5 Å². The van der Waals surface area contributed by atoms with Crippen LogP contribution in [0, 0.1) is 6.92 Å². The first-order valence-corrected chi connectivity index (χ1v) is 11.4. The molecule has 0 saturated heterocycles. The predicted molar refractivity (Wildman–Crippen MR) is 126 cm³/mol. The highest BCUT2D eigenvalue weighted by molar-refractivity contribution is 7.90. The number of anilines is 1. The Kier molecular flexibility index (Phi) is 5.82. The molecule has 164 valence electrons. The number of nitrogens with zero attached hydrogens (tertiary/aromatic N) is 2. The van der Waals surface area contributed by atoms with Crippen LogP contribution in [0.5, 0.6) is 0 Å². The van der Waals surface area contributed by atoms with E-state index < -0.39 is 15.8 Å². The van der Waals surface area contributed by atoms with E-state index in [0.29, 0.717) is 23.3 Å². The highest BCUT2D eigenvalue weighted by Gasteiger charge is 2.15. The van der Waals surface area contributed by atoms with Gasteiger partial charge in [-0.2, -0.15) is 12.7 Å². The molecule has 0 fully saturated rings. The largest absolute Gasteiger partial charge is 0.422 e. The van der Waals surface area contributed by atoms with Crippen molar-refractivity contribution >= 4 is 26.9 Å². The maximum atomic E-state index is 12.8. The van der Waals surface area contributed by atoms with Crippen LogP contribution in [0.2, 0.25) is 0 Å². The third-order valence-corrected chi connectivity index (χ3v) is 6.77. The van der Waals surface area contributed by atoms with E-state index >= 15 is 0 Å². The van der Waals surface area contributed by atoms with Crippen molar-refractivity contribution in [3.8, 4) is 11.1 Å². The fraction of sp³-hybridized carbons (Fsp3) is 0.167. The number of nitrogens with one attached hydrogen (secondary N) is 1. The maximum Gasteiger partial charge on any atom is 0.340 e. The summed E-state index contributed by atoms with van der Waals surface area (Å²) in [6.07, 6.45) is 3.80. The van der Waals surface area contributed by atoms with Gasteiger partial charge in [0.2, 0.25) is 0 Å². The molecule has 0 bridgehead atoms.